The highest BCUT2D eigenvalue weighted by atomic mass is 16.5. The first-order chi connectivity index (χ1) is 9.43. The van der Waals surface area contributed by atoms with E-state index in [1.165, 1.54) is 0 Å². The lowest BCUT2D eigenvalue weighted by molar-refractivity contribution is -0.0943. The molecule has 0 aromatic carbocycles. The molecule has 110 valence electrons. The number of nitrogens with two attached hydrogens (primary N) is 1. The van der Waals surface area contributed by atoms with Gasteiger partial charge in [0.05, 0.1) is 11.8 Å². The van der Waals surface area contributed by atoms with Gasteiger partial charge in [-0.15, -0.1) is 0 Å². The molecule has 1 aromatic rings. The van der Waals surface area contributed by atoms with Crippen molar-refractivity contribution >= 4 is 11.6 Å². The van der Waals surface area contributed by atoms with Gasteiger partial charge in [0.25, 0.3) is 5.91 Å². The molecular weight excluding hydrogens is 254 g/mol. The van der Waals surface area contributed by atoms with Gasteiger partial charge in [0.1, 0.15) is 5.69 Å². The Hall–Kier alpha value is -1.49. The van der Waals surface area contributed by atoms with Crippen molar-refractivity contribution in [2.45, 2.75) is 51.3 Å². The average molecular weight is 277 g/mol. The van der Waals surface area contributed by atoms with Crippen LogP contribution in [0, 0.1) is 5.41 Å². The second-order valence-electron chi connectivity index (χ2n) is 6.60. The maximum Gasteiger partial charge on any atom is 0.268 e. The van der Waals surface area contributed by atoms with Gasteiger partial charge in [0, 0.05) is 30.8 Å². The molecule has 2 unspecified atom stereocenters. The van der Waals surface area contributed by atoms with Crippen molar-refractivity contribution in [1.29, 1.82) is 0 Å². The minimum Gasteiger partial charge on any atom is -0.397 e. The van der Waals surface area contributed by atoms with E-state index in [1.807, 2.05) is 10.8 Å². The van der Waals surface area contributed by atoms with Crippen LogP contribution >= 0.6 is 0 Å². The van der Waals surface area contributed by atoms with Crippen molar-refractivity contribution in [2.24, 2.45) is 5.41 Å². The number of nitrogen functional groups attached to an aromatic ring is 1. The maximum absolute atomic E-state index is 12.5. The van der Waals surface area contributed by atoms with E-state index in [1.54, 1.807) is 13.2 Å². The molecule has 5 nitrogen and oxygen atoms in total. The number of methoxy groups -OCH3 is 1. The van der Waals surface area contributed by atoms with Crippen LogP contribution in [-0.2, 0) is 4.74 Å². The summed E-state index contributed by atoms with van der Waals surface area (Å²) in [6.45, 7) is 4.26. The predicted octanol–water partition coefficient (Wildman–Crippen LogP) is 1.95. The van der Waals surface area contributed by atoms with Crippen LogP contribution in [0.4, 0.5) is 5.69 Å². The highest BCUT2D eigenvalue weighted by Gasteiger charge is 2.49. The van der Waals surface area contributed by atoms with Crippen LogP contribution in [0.1, 0.15) is 49.6 Å². The molecule has 2 aliphatic carbocycles. The Morgan fingerprint density at radius 2 is 2.20 bits per heavy atom. The smallest absolute Gasteiger partial charge is 0.268 e. The first kappa shape index (κ1) is 13.5. The number of nitrogens with zero attached hydrogens (tertiary/aromatic N) is 1. The van der Waals surface area contributed by atoms with Crippen LogP contribution in [0.3, 0.4) is 0 Å². The van der Waals surface area contributed by atoms with E-state index in [0.717, 1.165) is 19.3 Å². The molecule has 3 rings (SSSR count). The molecule has 0 aliphatic heterocycles. The Labute approximate surface area is 119 Å². The second kappa shape index (κ2) is 4.52. The molecule has 0 radical (unpaired) electrons. The van der Waals surface area contributed by atoms with Crippen LogP contribution < -0.4 is 11.1 Å². The summed E-state index contributed by atoms with van der Waals surface area (Å²) in [5.74, 6) is -0.0266. The zero-order chi connectivity index (χ0) is 14.5. The number of nitrogens with one attached hydrogen (secondary N) is 1. The van der Waals surface area contributed by atoms with Gasteiger partial charge in [0.2, 0.25) is 0 Å². The van der Waals surface area contributed by atoms with E-state index in [0.29, 0.717) is 17.4 Å². The van der Waals surface area contributed by atoms with Crippen molar-refractivity contribution in [3.05, 3.63) is 18.0 Å². The van der Waals surface area contributed by atoms with Crippen LogP contribution in [-0.4, -0.2) is 29.7 Å². The first-order valence-corrected chi connectivity index (χ1v) is 7.24. The largest absolute Gasteiger partial charge is 0.397 e. The molecule has 2 aliphatic rings. The Morgan fingerprint density at radius 3 is 2.75 bits per heavy atom. The Morgan fingerprint density at radius 1 is 1.50 bits per heavy atom. The Bertz CT molecular complexity index is 531. The molecule has 0 bridgehead atoms. The number of amides is 1. The molecule has 1 heterocycles. The summed E-state index contributed by atoms with van der Waals surface area (Å²) in [6, 6.07) is 2.38. The van der Waals surface area contributed by atoms with Crippen molar-refractivity contribution in [3.63, 3.8) is 0 Å². The molecule has 2 atom stereocenters. The molecule has 1 aromatic heterocycles. The summed E-state index contributed by atoms with van der Waals surface area (Å²) in [6.07, 6.45) is 5.23. The number of carbonyl (C=O) groups excluding carboxylic acids is 1. The lowest BCUT2D eigenvalue weighted by Gasteiger charge is -2.51. The zero-order valence-electron chi connectivity index (χ0n) is 12.3. The van der Waals surface area contributed by atoms with Crippen LogP contribution in [0.2, 0.25) is 0 Å². The van der Waals surface area contributed by atoms with Crippen LogP contribution in [0.25, 0.3) is 0 Å². The van der Waals surface area contributed by atoms with Crippen molar-refractivity contribution < 1.29 is 9.53 Å². The number of carbonyl (C=O) groups is 1. The number of ether oxygens (including phenoxy) is 1. The quantitative estimate of drug-likeness (QED) is 0.883. The molecule has 0 spiro atoms. The SMILES string of the molecule is COC1CC(NC(=O)c2cc(N)cn2C2CC2)C1(C)C. The second-order valence-corrected chi connectivity index (χ2v) is 6.60. The highest BCUT2D eigenvalue weighted by molar-refractivity contribution is 5.94. The molecule has 1 amide bonds. The minimum atomic E-state index is -0.0266. The summed E-state index contributed by atoms with van der Waals surface area (Å²) in [5, 5.41) is 3.13. The lowest BCUT2D eigenvalue weighted by atomic mass is 9.64. The van der Waals surface area contributed by atoms with E-state index < -0.39 is 0 Å². The summed E-state index contributed by atoms with van der Waals surface area (Å²) >= 11 is 0. The van der Waals surface area contributed by atoms with Gasteiger partial charge < -0.3 is 20.4 Å². The number of anilines is 1. The Balaban J connectivity index is 1.71. The Kier molecular flexibility index (Phi) is 3.05. The normalized spacial score (nSPS) is 27.9. The standard InChI is InChI=1S/C15H23N3O2/c1-15(2)12(7-13(15)20-3)17-14(19)11-6-9(16)8-18(11)10-4-5-10/h6,8,10,12-13H,4-5,7,16H2,1-3H3,(H,17,19). The molecule has 5 heteroatoms. The van der Waals surface area contributed by atoms with E-state index in [-0.39, 0.29) is 23.5 Å². The summed E-state index contributed by atoms with van der Waals surface area (Å²) < 4.78 is 7.44. The van der Waals surface area contributed by atoms with Gasteiger partial charge in [-0.1, -0.05) is 13.8 Å². The van der Waals surface area contributed by atoms with Gasteiger partial charge >= 0.3 is 0 Å². The zero-order valence-corrected chi connectivity index (χ0v) is 12.3. The average Bonchev–Trinajstić information content (AvgIpc) is 3.16. The summed E-state index contributed by atoms with van der Waals surface area (Å²) in [4.78, 5) is 12.5. The lowest BCUT2D eigenvalue weighted by Crippen LogP contribution is -2.61. The number of hydrogen-bond donors (Lipinski definition) is 2. The fraction of sp³-hybridized carbons (Fsp3) is 0.667. The van der Waals surface area contributed by atoms with Crippen molar-refractivity contribution in [2.75, 3.05) is 12.8 Å². The van der Waals surface area contributed by atoms with E-state index in [4.69, 9.17) is 10.5 Å². The fourth-order valence-electron chi connectivity index (χ4n) is 3.10. The topological polar surface area (TPSA) is 69.3 Å². The van der Waals surface area contributed by atoms with Gasteiger partial charge in [-0.05, 0) is 25.3 Å². The fourth-order valence-corrected chi connectivity index (χ4v) is 3.10. The van der Waals surface area contributed by atoms with Gasteiger partial charge in [-0.2, -0.15) is 0 Å². The van der Waals surface area contributed by atoms with Gasteiger partial charge in [-0.25, -0.2) is 0 Å². The summed E-state index contributed by atoms with van der Waals surface area (Å²) in [7, 11) is 1.73. The number of aromatic nitrogens is 1. The molecule has 2 fully saturated rings. The van der Waals surface area contributed by atoms with Crippen LogP contribution in [0.5, 0.6) is 0 Å². The monoisotopic (exact) mass is 277 g/mol. The van der Waals surface area contributed by atoms with Crippen molar-refractivity contribution in [3.8, 4) is 0 Å². The third kappa shape index (κ3) is 2.10. The maximum atomic E-state index is 12.5. The van der Waals surface area contributed by atoms with Gasteiger partial charge in [0.15, 0.2) is 0 Å². The molecule has 3 N–H and O–H groups in total. The predicted molar refractivity (Wildman–Crippen MR) is 77.6 cm³/mol. The first-order valence-electron chi connectivity index (χ1n) is 7.24. The minimum absolute atomic E-state index is 0.0209. The van der Waals surface area contributed by atoms with E-state index in [9.17, 15) is 4.79 Å². The number of rotatable bonds is 4. The van der Waals surface area contributed by atoms with E-state index in [2.05, 4.69) is 19.2 Å². The molecular formula is C15H23N3O2. The van der Waals surface area contributed by atoms with E-state index >= 15 is 0 Å². The van der Waals surface area contributed by atoms with Gasteiger partial charge in [-0.3, -0.25) is 4.79 Å². The number of hydrogen-bond acceptors (Lipinski definition) is 3. The van der Waals surface area contributed by atoms with Crippen molar-refractivity contribution in [1.82, 2.24) is 9.88 Å². The molecule has 2 saturated carbocycles. The third-order valence-electron chi connectivity index (χ3n) is 4.81. The third-order valence-corrected chi connectivity index (χ3v) is 4.81. The van der Waals surface area contributed by atoms with Crippen LogP contribution in [0.15, 0.2) is 12.3 Å². The molecule has 20 heavy (non-hydrogen) atoms. The highest BCUT2D eigenvalue weighted by Crippen LogP contribution is 2.43. The molecule has 0 saturated heterocycles. The summed E-state index contributed by atoms with van der Waals surface area (Å²) in [5.41, 5.74) is 7.15.